The minimum Gasteiger partial charge on any atom is -0.316 e. The number of ketones is 1. The van der Waals surface area contributed by atoms with Gasteiger partial charge in [-0.1, -0.05) is 30.3 Å². The summed E-state index contributed by atoms with van der Waals surface area (Å²) < 4.78 is 0. The second kappa shape index (κ2) is 5.13. The van der Waals surface area contributed by atoms with Gasteiger partial charge in [0.05, 0.1) is 0 Å². The van der Waals surface area contributed by atoms with Crippen molar-refractivity contribution < 1.29 is 4.79 Å². The molecule has 3 heteroatoms. The topological polar surface area (TPSA) is 29.1 Å². The lowest BCUT2D eigenvalue weighted by atomic mass is 9.97. The Morgan fingerprint density at radius 2 is 2.00 bits per heavy atom. The molecule has 0 radical (unpaired) electrons. The van der Waals surface area contributed by atoms with E-state index in [0.717, 1.165) is 25.1 Å². The molecule has 1 aliphatic heterocycles. The lowest BCUT2D eigenvalue weighted by Gasteiger charge is -2.06. The maximum atomic E-state index is 11.8. The summed E-state index contributed by atoms with van der Waals surface area (Å²) in [4.78, 5) is 11.8. The van der Waals surface area contributed by atoms with Gasteiger partial charge in [0.2, 0.25) is 0 Å². The second-order valence-electron chi connectivity index (χ2n) is 3.42. The molecule has 0 bridgehead atoms. The number of halogens is 1. The SMILES string of the molecule is Cl.O=C(c1ccccc1)C1CCNC1. The summed E-state index contributed by atoms with van der Waals surface area (Å²) in [6.45, 7) is 1.82. The summed E-state index contributed by atoms with van der Waals surface area (Å²) in [6.07, 6.45) is 0.980. The van der Waals surface area contributed by atoms with Gasteiger partial charge in [-0.05, 0) is 13.0 Å². The quantitative estimate of drug-likeness (QED) is 0.758. The Hall–Kier alpha value is -0.860. The van der Waals surface area contributed by atoms with Gasteiger partial charge >= 0.3 is 0 Å². The lowest BCUT2D eigenvalue weighted by molar-refractivity contribution is 0.0930. The molecule has 1 N–H and O–H groups in total. The van der Waals surface area contributed by atoms with Gasteiger partial charge in [0.1, 0.15) is 0 Å². The van der Waals surface area contributed by atoms with E-state index in [4.69, 9.17) is 0 Å². The summed E-state index contributed by atoms with van der Waals surface area (Å²) in [5.74, 6) is 0.480. The predicted octanol–water partition coefficient (Wildman–Crippen LogP) is 1.90. The van der Waals surface area contributed by atoms with Crippen LogP contribution in [0.4, 0.5) is 0 Å². The highest BCUT2D eigenvalue weighted by Crippen LogP contribution is 2.14. The Kier molecular flexibility index (Phi) is 4.11. The van der Waals surface area contributed by atoms with Crippen LogP contribution in [0, 0.1) is 5.92 Å². The minimum absolute atomic E-state index is 0. The van der Waals surface area contributed by atoms with Crippen molar-refractivity contribution >= 4 is 18.2 Å². The Labute approximate surface area is 90.1 Å². The highest BCUT2D eigenvalue weighted by Gasteiger charge is 2.22. The van der Waals surface area contributed by atoms with Crippen LogP contribution >= 0.6 is 12.4 Å². The molecule has 0 aliphatic carbocycles. The number of rotatable bonds is 2. The van der Waals surface area contributed by atoms with Gasteiger partial charge in [0.25, 0.3) is 0 Å². The van der Waals surface area contributed by atoms with Crippen molar-refractivity contribution in [3.8, 4) is 0 Å². The van der Waals surface area contributed by atoms with Crippen molar-refractivity contribution in [2.24, 2.45) is 5.92 Å². The van der Waals surface area contributed by atoms with Crippen LogP contribution in [0.2, 0.25) is 0 Å². The summed E-state index contributed by atoms with van der Waals surface area (Å²) in [7, 11) is 0. The molecule has 2 nitrogen and oxygen atoms in total. The van der Waals surface area contributed by atoms with Crippen molar-refractivity contribution in [2.75, 3.05) is 13.1 Å². The van der Waals surface area contributed by atoms with Crippen LogP contribution in [-0.4, -0.2) is 18.9 Å². The fraction of sp³-hybridized carbons (Fsp3) is 0.364. The average Bonchev–Trinajstić information content (AvgIpc) is 2.71. The standard InChI is InChI=1S/C11H13NO.ClH/c13-11(10-6-7-12-8-10)9-4-2-1-3-5-9;/h1-5,10,12H,6-8H2;1H. The van der Waals surface area contributed by atoms with Crippen molar-refractivity contribution in [3.05, 3.63) is 35.9 Å². The highest BCUT2D eigenvalue weighted by molar-refractivity contribution is 5.98. The van der Waals surface area contributed by atoms with Crippen molar-refractivity contribution in [3.63, 3.8) is 0 Å². The number of hydrogen-bond donors (Lipinski definition) is 1. The van der Waals surface area contributed by atoms with Crippen LogP contribution in [0.3, 0.4) is 0 Å². The molecule has 1 aromatic carbocycles. The van der Waals surface area contributed by atoms with Gasteiger partial charge in [0.15, 0.2) is 5.78 Å². The van der Waals surface area contributed by atoms with Crippen molar-refractivity contribution in [1.82, 2.24) is 5.32 Å². The predicted molar refractivity (Wildman–Crippen MR) is 59.0 cm³/mol. The third-order valence-corrected chi connectivity index (χ3v) is 2.49. The zero-order valence-electron chi connectivity index (χ0n) is 7.90. The Morgan fingerprint density at radius 3 is 2.57 bits per heavy atom. The molecular formula is C11H14ClNO. The molecule has 76 valence electrons. The lowest BCUT2D eigenvalue weighted by Crippen LogP contribution is -2.17. The first-order chi connectivity index (χ1) is 6.38. The summed E-state index contributed by atoms with van der Waals surface area (Å²) >= 11 is 0. The molecule has 1 saturated heterocycles. The number of carbonyl (C=O) groups excluding carboxylic acids is 1. The van der Waals surface area contributed by atoms with E-state index < -0.39 is 0 Å². The van der Waals surface area contributed by atoms with Gasteiger partial charge in [-0.2, -0.15) is 0 Å². The van der Waals surface area contributed by atoms with E-state index in [0.29, 0.717) is 0 Å². The third kappa shape index (κ3) is 2.34. The van der Waals surface area contributed by atoms with Crippen LogP contribution in [0.1, 0.15) is 16.8 Å². The number of nitrogens with one attached hydrogen (secondary N) is 1. The molecule has 0 saturated carbocycles. The molecular weight excluding hydrogens is 198 g/mol. The van der Waals surface area contributed by atoms with E-state index in [9.17, 15) is 4.79 Å². The van der Waals surface area contributed by atoms with Crippen molar-refractivity contribution in [1.29, 1.82) is 0 Å². The molecule has 1 aromatic rings. The maximum absolute atomic E-state index is 11.8. The van der Waals surface area contributed by atoms with E-state index in [2.05, 4.69) is 5.32 Å². The second-order valence-corrected chi connectivity index (χ2v) is 3.42. The van der Waals surface area contributed by atoms with Gasteiger partial charge in [-0.3, -0.25) is 4.79 Å². The van der Waals surface area contributed by atoms with E-state index in [1.54, 1.807) is 0 Å². The number of Topliss-reactive ketones (excluding diaryl/α,β-unsaturated/α-hetero) is 1. The summed E-state index contributed by atoms with van der Waals surface area (Å²) in [6, 6.07) is 9.54. The van der Waals surface area contributed by atoms with Gasteiger partial charge in [-0.25, -0.2) is 0 Å². The molecule has 1 unspecified atom stereocenters. The van der Waals surface area contributed by atoms with E-state index >= 15 is 0 Å². The summed E-state index contributed by atoms with van der Waals surface area (Å²) in [5, 5.41) is 3.20. The molecule has 2 rings (SSSR count). The fourth-order valence-corrected chi connectivity index (χ4v) is 1.72. The van der Waals surface area contributed by atoms with Crippen LogP contribution in [0.25, 0.3) is 0 Å². The Morgan fingerprint density at radius 1 is 1.29 bits per heavy atom. The van der Waals surface area contributed by atoms with E-state index in [1.165, 1.54) is 0 Å². The highest BCUT2D eigenvalue weighted by atomic mass is 35.5. The van der Waals surface area contributed by atoms with Gasteiger partial charge in [0, 0.05) is 18.0 Å². The molecule has 14 heavy (non-hydrogen) atoms. The minimum atomic E-state index is 0. The number of benzene rings is 1. The monoisotopic (exact) mass is 211 g/mol. The maximum Gasteiger partial charge on any atom is 0.167 e. The molecule has 0 spiro atoms. The Balaban J connectivity index is 0.000000980. The van der Waals surface area contributed by atoms with Gasteiger partial charge < -0.3 is 5.32 Å². The van der Waals surface area contributed by atoms with E-state index in [1.807, 2.05) is 30.3 Å². The summed E-state index contributed by atoms with van der Waals surface area (Å²) in [5.41, 5.74) is 0.844. The van der Waals surface area contributed by atoms with Crippen LogP contribution in [0.15, 0.2) is 30.3 Å². The Bertz CT molecular complexity index is 293. The molecule has 1 heterocycles. The average molecular weight is 212 g/mol. The first kappa shape index (κ1) is 11.2. The first-order valence-electron chi connectivity index (χ1n) is 4.68. The zero-order valence-corrected chi connectivity index (χ0v) is 8.72. The first-order valence-corrected chi connectivity index (χ1v) is 4.68. The molecule has 1 aliphatic rings. The number of carbonyl (C=O) groups is 1. The van der Waals surface area contributed by atoms with Gasteiger partial charge in [-0.15, -0.1) is 12.4 Å². The van der Waals surface area contributed by atoms with Crippen LogP contribution in [0.5, 0.6) is 0 Å². The molecule has 0 amide bonds. The van der Waals surface area contributed by atoms with Crippen LogP contribution in [-0.2, 0) is 0 Å². The van der Waals surface area contributed by atoms with Crippen molar-refractivity contribution in [2.45, 2.75) is 6.42 Å². The fourth-order valence-electron chi connectivity index (χ4n) is 1.72. The molecule has 1 atom stereocenters. The molecule has 0 aromatic heterocycles. The smallest absolute Gasteiger partial charge is 0.167 e. The van der Waals surface area contributed by atoms with Crippen LogP contribution < -0.4 is 5.32 Å². The largest absolute Gasteiger partial charge is 0.316 e. The normalized spacial score (nSPS) is 20.1. The number of hydrogen-bond acceptors (Lipinski definition) is 2. The van der Waals surface area contributed by atoms with E-state index in [-0.39, 0.29) is 24.1 Å². The third-order valence-electron chi connectivity index (χ3n) is 2.49. The zero-order chi connectivity index (χ0) is 9.10. The molecule has 1 fully saturated rings.